The number of phenolic OH excluding ortho intramolecular Hbond substituents is 1. The summed E-state index contributed by atoms with van der Waals surface area (Å²) in [5.41, 5.74) is 1.64. The van der Waals surface area contributed by atoms with Gasteiger partial charge in [-0.05, 0) is 17.5 Å². The molecular weight excluding hydrogens is 212 g/mol. The van der Waals surface area contributed by atoms with Crippen molar-refractivity contribution in [3.05, 3.63) is 30.3 Å². The lowest BCUT2D eigenvalue weighted by atomic mass is 10.1. The number of halogens is 1. The zero-order valence-electron chi connectivity index (χ0n) is 7.77. The molecule has 0 saturated heterocycles. The maximum absolute atomic E-state index is 9.63. The summed E-state index contributed by atoms with van der Waals surface area (Å²) < 4.78 is 0. The molecule has 2 aromatic carbocycles. The Morgan fingerprint density at radius 3 is 2.87 bits per heavy atom. The Balaban J connectivity index is 0.000000853. The van der Waals surface area contributed by atoms with Crippen LogP contribution in [0, 0.1) is 0 Å². The number of aliphatic imine (C=N–C) groups is 1. The molecule has 1 aliphatic heterocycles. The monoisotopic (exact) mass is 220 g/mol. The Kier molecular flexibility index (Phi) is 2.25. The minimum atomic E-state index is 0. The summed E-state index contributed by atoms with van der Waals surface area (Å²) in [4.78, 5) is 4.12. The van der Waals surface area contributed by atoms with Crippen molar-refractivity contribution in [1.82, 2.24) is 0 Å². The normalized spacial score (nSPS) is 12.0. The average molecular weight is 221 g/mol. The molecule has 0 aliphatic carbocycles. The molecule has 0 amide bonds. The predicted octanol–water partition coefficient (Wildman–Crippen LogP) is 3.05. The number of nitrogens with zero attached hydrogens (tertiary/aromatic N) is 1. The number of nitrogens with one attached hydrogen (secondary N) is 1. The van der Waals surface area contributed by atoms with Crippen LogP contribution in [0.25, 0.3) is 10.8 Å². The third-order valence-corrected chi connectivity index (χ3v) is 2.41. The molecule has 4 heteroatoms. The first kappa shape index (κ1) is 9.80. The lowest BCUT2D eigenvalue weighted by Crippen LogP contribution is -1.99. The Labute approximate surface area is 92.9 Å². The lowest BCUT2D eigenvalue weighted by molar-refractivity contribution is 0.477. The summed E-state index contributed by atoms with van der Waals surface area (Å²) in [5, 5.41) is 14.7. The van der Waals surface area contributed by atoms with Gasteiger partial charge in [0.2, 0.25) is 0 Å². The Morgan fingerprint density at radius 1 is 1.13 bits per heavy atom. The van der Waals surface area contributed by atoms with Crippen molar-refractivity contribution >= 4 is 40.9 Å². The summed E-state index contributed by atoms with van der Waals surface area (Å²) in [6, 6.07) is 9.51. The number of rotatable bonds is 0. The van der Waals surface area contributed by atoms with Crippen LogP contribution in [0.2, 0.25) is 0 Å². The molecule has 0 unspecified atom stereocenters. The number of hydrogen-bond donors (Lipinski definition) is 2. The van der Waals surface area contributed by atoms with Gasteiger partial charge in [0.05, 0.1) is 6.34 Å². The molecule has 0 bridgehead atoms. The van der Waals surface area contributed by atoms with Gasteiger partial charge in [-0.25, -0.2) is 4.99 Å². The largest absolute Gasteiger partial charge is 0.506 e. The van der Waals surface area contributed by atoms with Crippen LogP contribution < -0.4 is 5.32 Å². The number of phenols is 1. The summed E-state index contributed by atoms with van der Waals surface area (Å²) in [6.45, 7) is 0. The van der Waals surface area contributed by atoms with Crippen LogP contribution >= 0.6 is 12.4 Å². The Morgan fingerprint density at radius 2 is 2.00 bits per heavy atom. The van der Waals surface area contributed by atoms with Crippen molar-refractivity contribution in [3.63, 3.8) is 0 Å². The second-order valence-corrected chi connectivity index (χ2v) is 3.24. The molecule has 3 nitrogen and oxygen atoms in total. The summed E-state index contributed by atoms with van der Waals surface area (Å²) in [7, 11) is 0. The van der Waals surface area contributed by atoms with E-state index in [2.05, 4.69) is 10.3 Å². The third kappa shape index (κ3) is 1.32. The zero-order chi connectivity index (χ0) is 9.54. The van der Waals surface area contributed by atoms with Gasteiger partial charge in [-0.3, -0.25) is 0 Å². The minimum absolute atomic E-state index is 0. The van der Waals surface area contributed by atoms with Crippen LogP contribution in [0.3, 0.4) is 0 Å². The number of aromatic hydroxyl groups is 1. The van der Waals surface area contributed by atoms with Crippen LogP contribution in [-0.2, 0) is 0 Å². The number of hydrogen-bond acceptors (Lipinski definition) is 3. The molecule has 76 valence electrons. The molecule has 15 heavy (non-hydrogen) atoms. The van der Waals surface area contributed by atoms with Crippen molar-refractivity contribution in [2.75, 3.05) is 5.32 Å². The number of anilines is 1. The smallest absolute Gasteiger partial charge is 0.141 e. The molecule has 2 N–H and O–H groups in total. The summed E-state index contributed by atoms with van der Waals surface area (Å²) in [6.07, 6.45) is 1.59. The van der Waals surface area contributed by atoms with Gasteiger partial charge < -0.3 is 10.4 Å². The van der Waals surface area contributed by atoms with E-state index < -0.39 is 0 Å². The third-order valence-electron chi connectivity index (χ3n) is 2.41. The predicted molar refractivity (Wildman–Crippen MR) is 64.6 cm³/mol. The van der Waals surface area contributed by atoms with Gasteiger partial charge in [-0.1, -0.05) is 18.2 Å². The Bertz CT molecular complexity index is 552. The second kappa shape index (κ2) is 3.44. The van der Waals surface area contributed by atoms with E-state index in [1.54, 1.807) is 12.4 Å². The van der Waals surface area contributed by atoms with Gasteiger partial charge in [0.15, 0.2) is 0 Å². The number of benzene rings is 2. The fraction of sp³-hybridized carbons (Fsp3) is 0. The highest BCUT2D eigenvalue weighted by atomic mass is 35.5. The van der Waals surface area contributed by atoms with Gasteiger partial charge in [0, 0.05) is 11.1 Å². The molecule has 0 atom stereocenters. The maximum Gasteiger partial charge on any atom is 0.141 e. The lowest BCUT2D eigenvalue weighted by Gasteiger charge is -2.13. The van der Waals surface area contributed by atoms with E-state index in [1.807, 2.05) is 24.3 Å². The maximum atomic E-state index is 9.63. The standard InChI is InChI=1S/C11H8N2O.ClH/c14-9-5-4-7-2-1-3-8-10(7)11(9)13-6-12-8;/h1-6,14H,(H,12,13);1H. The van der Waals surface area contributed by atoms with E-state index in [0.29, 0.717) is 5.69 Å². The Hall–Kier alpha value is -1.74. The fourth-order valence-electron chi connectivity index (χ4n) is 1.77. The molecule has 0 spiro atoms. The first-order valence-electron chi connectivity index (χ1n) is 4.40. The van der Waals surface area contributed by atoms with Crippen molar-refractivity contribution in [1.29, 1.82) is 0 Å². The molecule has 1 aliphatic rings. The van der Waals surface area contributed by atoms with E-state index in [1.165, 1.54) is 0 Å². The van der Waals surface area contributed by atoms with Crippen molar-refractivity contribution < 1.29 is 5.11 Å². The SMILES string of the molecule is Cl.Oc1ccc2cccc3c2c1N=CN3. The van der Waals surface area contributed by atoms with Crippen molar-refractivity contribution in [3.8, 4) is 5.75 Å². The van der Waals surface area contributed by atoms with Gasteiger partial charge >= 0.3 is 0 Å². The van der Waals surface area contributed by atoms with Crippen molar-refractivity contribution in [2.45, 2.75) is 0 Å². The van der Waals surface area contributed by atoms with E-state index in [4.69, 9.17) is 0 Å². The highest BCUT2D eigenvalue weighted by molar-refractivity contribution is 6.09. The van der Waals surface area contributed by atoms with E-state index in [9.17, 15) is 5.11 Å². The zero-order valence-corrected chi connectivity index (χ0v) is 8.58. The van der Waals surface area contributed by atoms with Crippen LogP contribution in [-0.4, -0.2) is 11.4 Å². The average Bonchev–Trinajstić information content (AvgIpc) is 2.24. The molecule has 0 aromatic heterocycles. The van der Waals surface area contributed by atoms with Gasteiger partial charge in [-0.15, -0.1) is 12.4 Å². The highest BCUT2D eigenvalue weighted by Crippen LogP contribution is 2.40. The first-order chi connectivity index (χ1) is 6.86. The minimum Gasteiger partial charge on any atom is -0.506 e. The van der Waals surface area contributed by atoms with Gasteiger partial charge in [-0.2, -0.15) is 0 Å². The summed E-state index contributed by atoms with van der Waals surface area (Å²) in [5.74, 6) is 0.225. The topological polar surface area (TPSA) is 44.6 Å². The van der Waals surface area contributed by atoms with Gasteiger partial charge in [0.1, 0.15) is 11.4 Å². The molecule has 0 radical (unpaired) electrons. The molecule has 0 fully saturated rings. The van der Waals surface area contributed by atoms with Gasteiger partial charge in [0.25, 0.3) is 0 Å². The first-order valence-corrected chi connectivity index (χ1v) is 4.40. The van der Waals surface area contributed by atoms with E-state index >= 15 is 0 Å². The second-order valence-electron chi connectivity index (χ2n) is 3.24. The summed E-state index contributed by atoms with van der Waals surface area (Å²) >= 11 is 0. The van der Waals surface area contributed by atoms with Crippen LogP contribution in [0.15, 0.2) is 35.3 Å². The molecule has 3 rings (SSSR count). The van der Waals surface area contributed by atoms with Crippen molar-refractivity contribution in [2.24, 2.45) is 4.99 Å². The van der Waals surface area contributed by atoms with Crippen LogP contribution in [0.4, 0.5) is 11.4 Å². The quantitative estimate of drug-likeness (QED) is 0.717. The van der Waals surface area contributed by atoms with E-state index in [0.717, 1.165) is 16.5 Å². The van der Waals surface area contributed by atoms with Crippen LogP contribution in [0.1, 0.15) is 0 Å². The van der Waals surface area contributed by atoms with E-state index in [-0.39, 0.29) is 18.2 Å². The molecule has 0 saturated carbocycles. The molecule has 2 aromatic rings. The highest BCUT2D eigenvalue weighted by Gasteiger charge is 2.11. The molecule has 1 heterocycles. The molecular formula is C11H9ClN2O. The van der Waals surface area contributed by atoms with Crippen LogP contribution in [0.5, 0.6) is 5.75 Å². The fourth-order valence-corrected chi connectivity index (χ4v) is 1.77.